The van der Waals surface area contributed by atoms with E-state index in [0.29, 0.717) is 24.0 Å². The van der Waals surface area contributed by atoms with Crippen molar-refractivity contribution in [1.82, 2.24) is 19.7 Å². The van der Waals surface area contributed by atoms with Gasteiger partial charge in [-0.25, -0.2) is 18.7 Å². The Morgan fingerprint density at radius 3 is 2.67 bits per heavy atom. The van der Waals surface area contributed by atoms with Crippen molar-refractivity contribution >= 4 is 11.5 Å². The molecule has 2 unspecified atom stereocenters. The normalized spacial score (nSPS) is 21.0. The Kier molecular flexibility index (Phi) is 4.70. The zero-order chi connectivity index (χ0) is 21.7. The van der Waals surface area contributed by atoms with E-state index < -0.39 is 30.3 Å². The van der Waals surface area contributed by atoms with Gasteiger partial charge in [-0.2, -0.15) is 13.2 Å². The van der Waals surface area contributed by atoms with Crippen LogP contribution >= 0.6 is 0 Å². The highest BCUT2D eigenvalue weighted by Gasteiger charge is 2.51. The Bertz CT molecular complexity index is 1080. The molecule has 1 saturated heterocycles. The minimum absolute atomic E-state index is 0.0738. The highest BCUT2D eigenvalue weighted by Crippen LogP contribution is 2.38. The SMILES string of the molecule is CC(O)(c1ccc2ncc(-c3cccc(NC4CNCC4(F)F)n3)n2c1)C(F)(F)F. The molecule has 11 heteroatoms. The molecule has 0 radical (unpaired) electrons. The molecule has 0 spiro atoms. The van der Waals surface area contributed by atoms with Crippen LogP contribution in [0, 0.1) is 0 Å². The number of nitrogens with zero attached hydrogens (tertiary/aromatic N) is 3. The fourth-order valence-electron chi connectivity index (χ4n) is 3.27. The lowest BCUT2D eigenvalue weighted by molar-refractivity contribution is -0.259. The van der Waals surface area contributed by atoms with Crippen LogP contribution in [0.2, 0.25) is 0 Å². The first-order valence-corrected chi connectivity index (χ1v) is 9.08. The second-order valence-corrected chi connectivity index (χ2v) is 7.36. The van der Waals surface area contributed by atoms with Gasteiger partial charge in [0, 0.05) is 18.3 Å². The first-order valence-electron chi connectivity index (χ1n) is 9.08. The molecule has 3 aromatic heterocycles. The Morgan fingerprint density at radius 2 is 2.00 bits per heavy atom. The number of imidazole rings is 1. The van der Waals surface area contributed by atoms with Crippen LogP contribution in [0.4, 0.5) is 27.8 Å². The number of aromatic nitrogens is 3. The lowest BCUT2D eigenvalue weighted by Crippen LogP contribution is -2.39. The van der Waals surface area contributed by atoms with Gasteiger partial charge in [-0.05, 0) is 25.1 Å². The van der Waals surface area contributed by atoms with Gasteiger partial charge in [-0.15, -0.1) is 0 Å². The number of alkyl halides is 5. The molecule has 160 valence electrons. The molecule has 6 nitrogen and oxygen atoms in total. The minimum Gasteiger partial charge on any atom is -0.376 e. The number of anilines is 1. The molecule has 4 heterocycles. The summed E-state index contributed by atoms with van der Waals surface area (Å²) in [6.45, 7) is 0.313. The van der Waals surface area contributed by atoms with E-state index in [4.69, 9.17) is 0 Å². The number of rotatable bonds is 4. The van der Waals surface area contributed by atoms with E-state index in [2.05, 4.69) is 20.6 Å². The predicted octanol–water partition coefficient (Wildman–Crippen LogP) is 3.19. The number of halogens is 5. The maximum absolute atomic E-state index is 13.8. The predicted molar refractivity (Wildman–Crippen MR) is 99.3 cm³/mol. The quantitative estimate of drug-likeness (QED) is 0.558. The molecule has 0 saturated carbocycles. The smallest absolute Gasteiger partial charge is 0.376 e. The molecule has 0 amide bonds. The molecule has 0 aromatic carbocycles. The summed E-state index contributed by atoms with van der Waals surface area (Å²) in [7, 11) is 0. The summed E-state index contributed by atoms with van der Waals surface area (Å²) in [6.07, 6.45) is -2.31. The van der Waals surface area contributed by atoms with Crippen LogP contribution in [0.25, 0.3) is 17.0 Å². The van der Waals surface area contributed by atoms with Gasteiger partial charge in [0.1, 0.15) is 17.5 Å². The van der Waals surface area contributed by atoms with Crippen LogP contribution < -0.4 is 10.6 Å². The number of aliphatic hydroxyl groups is 1. The third-order valence-electron chi connectivity index (χ3n) is 5.17. The fourth-order valence-corrected chi connectivity index (χ4v) is 3.27. The Balaban J connectivity index is 1.71. The van der Waals surface area contributed by atoms with Gasteiger partial charge in [-0.1, -0.05) is 12.1 Å². The highest BCUT2D eigenvalue weighted by atomic mass is 19.4. The summed E-state index contributed by atoms with van der Waals surface area (Å²) in [5.74, 6) is -2.73. The minimum atomic E-state index is -4.87. The molecular weight excluding hydrogens is 409 g/mol. The molecule has 2 atom stereocenters. The van der Waals surface area contributed by atoms with E-state index in [1.165, 1.54) is 22.7 Å². The second-order valence-electron chi connectivity index (χ2n) is 7.36. The molecule has 0 bridgehead atoms. The van der Waals surface area contributed by atoms with Gasteiger partial charge >= 0.3 is 6.18 Å². The number of nitrogens with one attached hydrogen (secondary N) is 2. The first-order chi connectivity index (χ1) is 14.0. The van der Waals surface area contributed by atoms with Crippen LogP contribution in [-0.4, -0.2) is 50.7 Å². The first kappa shape index (κ1) is 20.5. The van der Waals surface area contributed by atoms with Crippen molar-refractivity contribution in [2.45, 2.75) is 30.7 Å². The number of pyridine rings is 2. The molecule has 0 aliphatic carbocycles. The van der Waals surface area contributed by atoms with Gasteiger partial charge in [0.15, 0.2) is 5.60 Å². The monoisotopic (exact) mass is 427 g/mol. The van der Waals surface area contributed by atoms with Crippen LogP contribution in [0.3, 0.4) is 0 Å². The summed E-state index contributed by atoms with van der Waals surface area (Å²) in [5, 5.41) is 15.3. The maximum atomic E-state index is 13.8. The van der Waals surface area contributed by atoms with Crippen molar-refractivity contribution in [1.29, 1.82) is 0 Å². The van der Waals surface area contributed by atoms with Gasteiger partial charge in [0.05, 0.1) is 24.1 Å². The number of hydrogen-bond donors (Lipinski definition) is 3. The number of fused-ring (bicyclic) bond motifs is 1. The van der Waals surface area contributed by atoms with Crippen molar-refractivity contribution in [3.63, 3.8) is 0 Å². The molecular formula is C19H18F5N5O. The summed E-state index contributed by atoms with van der Waals surface area (Å²) in [5.41, 5.74) is -2.40. The fraction of sp³-hybridized carbons (Fsp3) is 0.368. The maximum Gasteiger partial charge on any atom is 0.421 e. The lowest BCUT2D eigenvalue weighted by atomic mass is 9.97. The summed E-state index contributed by atoms with van der Waals surface area (Å²) in [6, 6.07) is 6.10. The Hall–Kier alpha value is -2.79. The zero-order valence-corrected chi connectivity index (χ0v) is 15.7. The van der Waals surface area contributed by atoms with Gasteiger partial charge in [0.2, 0.25) is 0 Å². The summed E-state index contributed by atoms with van der Waals surface area (Å²) in [4.78, 5) is 8.46. The summed E-state index contributed by atoms with van der Waals surface area (Å²) < 4.78 is 68.7. The van der Waals surface area contributed by atoms with E-state index in [0.717, 1.165) is 12.3 Å². The molecule has 1 fully saturated rings. The van der Waals surface area contributed by atoms with E-state index in [1.807, 2.05) is 0 Å². The third-order valence-corrected chi connectivity index (χ3v) is 5.17. The van der Waals surface area contributed by atoms with Crippen LogP contribution in [0.5, 0.6) is 0 Å². The molecule has 1 aliphatic rings. The topological polar surface area (TPSA) is 74.5 Å². The van der Waals surface area contributed by atoms with E-state index in [-0.39, 0.29) is 17.9 Å². The molecule has 3 aromatic rings. The van der Waals surface area contributed by atoms with Crippen molar-refractivity contribution in [2.24, 2.45) is 0 Å². The highest BCUT2D eigenvalue weighted by molar-refractivity contribution is 5.62. The van der Waals surface area contributed by atoms with E-state index >= 15 is 0 Å². The van der Waals surface area contributed by atoms with E-state index in [1.54, 1.807) is 12.1 Å². The van der Waals surface area contributed by atoms with Crippen LogP contribution in [0.15, 0.2) is 42.7 Å². The largest absolute Gasteiger partial charge is 0.421 e. The lowest BCUT2D eigenvalue weighted by Gasteiger charge is -2.26. The molecule has 30 heavy (non-hydrogen) atoms. The van der Waals surface area contributed by atoms with Gasteiger partial charge in [-0.3, -0.25) is 4.40 Å². The second kappa shape index (κ2) is 6.88. The summed E-state index contributed by atoms with van der Waals surface area (Å²) >= 11 is 0. The molecule has 4 rings (SSSR count). The van der Waals surface area contributed by atoms with Crippen molar-refractivity contribution in [3.8, 4) is 11.4 Å². The van der Waals surface area contributed by atoms with Crippen LogP contribution in [0.1, 0.15) is 12.5 Å². The van der Waals surface area contributed by atoms with Crippen molar-refractivity contribution < 1.29 is 27.1 Å². The van der Waals surface area contributed by atoms with Crippen molar-refractivity contribution in [3.05, 3.63) is 48.3 Å². The van der Waals surface area contributed by atoms with Crippen LogP contribution in [-0.2, 0) is 5.60 Å². The molecule has 1 aliphatic heterocycles. The average molecular weight is 427 g/mol. The Morgan fingerprint density at radius 1 is 1.23 bits per heavy atom. The van der Waals surface area contributed by atoms with Crippen molar-refractivity contribution in [2.75, 3.05) is 18.4 Å². The van der Waals surface area contributed by atoms with Gasteiger partial charge < -0.3 is 15.7 Å². The average Bonchev–Trinajstić information content (AvgIpc) is 3.23. The van der Waals surface area contributed by atoms with E-state index in [9.17, 15) is 27.1 Å². The third kappa shape index (κ3) is 3.47. The zero-order valence-electron chi connectivity index (χ0n) is 15.7. The number of hydrogen-bond acceptors (Lipinski definition) is 5. The van der Waals surface area contributed by atoms with Gasteiger partial charge in [0.25, 0.3) is 5.92 Å². The Labute approximate surface area is 167 Å². The standard InChI is InChI=1S/C19H18F5N5O/c1-17(30,19(22,23)24)11-5-6-16-26-7-13(29(16)9-11)12-3-2-4-15(27-12)28-14-8-25-10-18(14,20)21/h2-7,9,14,25,30H,8,10H2,1H3,(H,27,28). The molecule has 3 N–H and O–H groups in total.